The second-order valence-corrected chi connectivity index (χ2v) is 8.74. The molecule has 1 atom stereocenters. The number of nitrogens with one attached hydrogen (secondary N) is 1. The molecule has 0 aliphatic carbocycles. The topological polar surface area (TPSA) is 78.9 Å². The fraction of sp³-hybridized carbons (Fsp3) is 0.241. The molecular weight excluding hydrogens is 456 g/mol. The number of carbonyl (C=O) groups excluding carboxylic acids is 1. The summed E-state index contributed by atoms with van der Waals surface area (Å²) in [5.41, 5.74) is 4.00. The van der Waals surface area contributed by atoms with Crippen molar-refractivity contribution in [3.05, 3.63) is 95.8 Å². The van der Waals surface area contributed by atoms with Crippen molar-refractivity contribution in [3.63, 3.8) is 0 Å². The zero-order chi connectivity index (χ0) is 24.7. The maximum atomic E-state index is 12.5. The third kappa shape index (κ3) is 5.68. The number of fused-ring (bicyclic) bond motifs is 2. The molecule has 184 valence electrons. The molecule has 2 aliphatic heterocycles. The first-order valence-corrected chi connectivity index (χ1v) is 12.0. The van der Waals surface area contributed by atoms with Gasteiger partial charge in [0, 0.05) is 24.5 Å². The number of hydrogen-bond donors (Lipinski definition) is 1. The lowest BCUT2D eigenvalue weighted by Crippen LogP contribution is -2.31. The molecule has 3 aromatic rings. The van der Waals surface area contributed by atoms with Crippen molar-refractivity contribution in [2.75, 3.05) is 13.6 Å². The molecule has 0 saturated heterocycles. The Balaban J connectivity index is 1.27. The van der Waals surface area contributed by atoms with Crippen LogP contribution in [0.5, 0.6) is 23.0 Å². The number of aryl methyl sites for hydroxylation is 1. The molecule has 0 unspecified atom stereocenters. The standard InChI is InChI=1S/C29H28N2O5/c1-20(5-2-6-21-7-4-14-30-17-21)31-29(32)9-3-8-24(22-10-12-25-27(15-22)35-18-33-25)23-11-13-26-28(16-23)36-19-34-26/h3-4,7-17,20H,2,5-6,18-19H2,1H3,(H,31,32)/b9-3+/t20-/m1/s1. The average Bonchev–Trinajstić information content (AvgIpc) is 3.56. The Morgan fingerprint density at radius 2 is 1.64 bits per heavy atom. The molecule has 7 nitrogen and oxygen atoms in total. The van der Waals surface area contributed by atoms with Crippen LogP contribution in [0.4, 0.5) is 0 Å². The average molecular weight is 485 g/mol. The van der Waals surface area contributed by atoms with Crippen molar-refractivity contribution < 1.29 is 23.7 Å². The van der Waals surface area contributed by atoms with Gasteiger partial charge in [-0.1, -0.05) is 30.4 Å². The Hall–Kier alpha value is -4.26. The molecule has 36 heavy (non-hydrogen) atoms. The van der Waals surface area contributed by atoms with Gasteiger partial charge in [-0.2, -0.15) is 0 Å². The van der Waals surface area contributed by atoms with Gasteiger partial charge in [-0.15, -0.1) is 0 Å². The first-order valence-electron chi connectivity index (χ1n) is 12.0. The highest BCUT2D eigenvalue weighted by Gasteiger charge is 2.18. The maximum absolute atomic E-state index is 12.5. The Morgan fingerprint density at radius 3 is 2.28 bits per heavy atom. The van der Waals surface area contributed by atoms with Gasteiger partial charge >= 0.3 is 0 Å². The van der Waals surface area contributed by atoms with E-state index in [0.29, 0.717) is 11.5 Å². The summed E-state index contributed by atoms with van der Waals surface area (Å²) in [5, 5.41) is 3.04. The van der Waals surface area contributed by atoms with E-state index in [1.54, 1.807) is 18.3 Å². The van der Waals surface area contributed by atoms with Crippen LogP contribution in [0.3, 0.4) is 0 Å². The fourth-order valence-electron chi connectivity index (χ4n) is 4.24. The number of nitrogens with zero attached hydrogens (tertiary/aromatic N) is 1. The van der Waals surface area contributed by atoms with E-state index in [4.69, 9.17) is 18.9 Å². The Labute approximate surface area is 210 Å². The highest BCUT2D eigenvalue weighted by atomic mass is 16.7. The first kappa shape index (κ1) is 23.5. The van der Waals surface area contributed by atoms with Crippen LogP contribution in [0.1, 0.15) is 36.5 Å². The third-order valence-electron chi connectivity index (χ3n) is 6.09. The van der Waals surface area contributed by atoms with E-state index in [-0.39, 0.29) is 25.5 Å². The van der Waals surface area contributed by atoms with E-state index in [0.717, 1.165) is 47.5 Å². The van der Waals surface area contributed by atoms with Gasteiger partial charge in [-0.05, 0) is 78.8 Å². The van der Waals surface area contributed by atoms with Crippen LogP contribution in [0.15, 0.2) is 79.2 Å². The van der Waals surface area contributed by atoms with E-state index in [1.165, 1.54) is 5.56 Å². The molecule has 0 bridgehead atoms. The van der Waals surface area contributed by atoms with Crippen LogP contribution in [0.25, 0.3) is 5.57 Å². The zero-order valence-corrected chi connectivity index (χ0v) is 20.1. The van der Waals surface area contributed by atoms with E-state index in [1.807, 2.05) is 61.7 Å². The van der Waals surface area contributed by atoms with E-state index in [2.05, 4.69) is 16.4 Å². The predicted octanol–water partition coefficient (Wildman–Crippen LogP) is 5.05. The summed E-state index contributed by atoms with van der Waals surface area (Å²) < 4.78 is 22.0. The summed E-state index contributed by atoms with van der Waals surface area (Å²) in [5.74, 6) is 2.70. The number of allylic oxidation sites excluding steroid dienone is 2. The molecule has 0 fully saturated rings. The highest BCUT2D eigenvalue weighted by Crippen LogP contribution is 2.39. The van der Waals surface area contributed by atoms with Gasteiger partial charge in [-0.25, -0.2) is 0 Å². The fourth-order valence-corrected chi connectivity index (χ4v) is 4.24. The van der Waals surface area contributed by atoms with Crippen molar-refractivity contribution in [2.45, 2.75) is 32.2 Å². The van der Waals surface area contributed by atoms with Gasteiger partial charge in [0.05, 0.1) is 0 Å². The summed E-state index contributed by atoms with van der Waals surface area (Å²) in [6.07, 6.45) is 11.7. The molecule has 2 aromatic carbocycles. The van der Waals surface area contributed by atoms with Crippen molar-refractivity contribution in [2.24, 2.45) is 0 Å². The van der Waals surface area contributed by atoms with Gasteiger partial charge in [0.25, 0.3) is 0 Å². The van der Waals surface area contributed by atoms with E-state index < -0.39 is 0 Å². The third-order valence-corrected chi connectivity index (χ3v) is 6.09. The van der Waals surface area contributed by atoms with Crippen LogP contribution >= 0.6 is 0 Å². The highest BCUT2D eigenvalue weighted by molar-refractivity contribution is 5.89. The van der Waals surface area contributed by atoms with Crippen LogP contribution in [-0.2, 0) is 11.2 Å². The maximum Gasteiger partial charge on any atom is 0.244 e. The SMILES string of the molecule is C[C@H](CCCc1cccnc1)NC(=O)/C=C/C=C(c1ccc2c(c1)OCO2)c1ccc2c(c1)OCO2. The minimum atomic E-state index is -0.129. The Morgan fingerprint density at radius 1 is 0.972 bits per heavy atom. The molecule has 0 radical (unpaired) electrons. The normalized spacial score (nSPS) is 14.0. The lowest BCUT2D eigenvalue weighted by atomic mass is 9.96. The molecule has 7 heteroatoms. The molecule has 1 amide bonds. The number of carbonyl (C=O) groups is 1. The number of amides is 1. The van der Waals surface area contributed by atoms with Crippen LogP contribution in [0.2, 0.25) is 0 Å². The lowest BCUT2D eigenvalue weighted by molar-refractivity contribution is -0.117. The lowest BCUT2D eigenvalue weighted by Gasteiger charge is -2.12. The molecule has 1 N–H and O–H groups in total. The summed E-state index contributed by atoms with van der Waals surface area (Å²) >= 11 is 0. The second-order valence-electron chi connectivity index (χ2n) is 8.74. The number of pyridine rings is 1. The van der Waals surface area contributed by atoms with Gasteiger partial charge in [0.2, 0.25) is 19.5 Å². The number of aromatic nitrogens is 1. The van der Waals surface area contributed by atoms with Gasteiger partial charge in [-0.3, -0.25) is 9.78 Å². The van der Waals surface area contributed by atoms with Crippen molar-refractivity contribution in [3.8, 4) is 23.0 Å². The molecule has 0 saturated carbocycles. The molecule has 5 rings (SSSR count). The Kier molecular flexibility index (Phi) is 7.17. The number of rotatable bonds is 9. The summed E-state index contributed by atoms with van der Waals surface area (Å²) in [6, 6.07) is 15.7. The Bertz CT molecular complexity index is 1230. The van der Waals surface area contributed by atoms with Gasteiger partial charge in [0.15, 0.2) is 23.0 Å². The van der Waals surface area contributed by atoms with Crippen LogP contribution in [0, 0.1) is 0 Å². The number of hydrogen-bond acceptors (Lipinski definition) is 6. The zero-order valence-electron chi connectivity index (χ0n) is 20.1. The minimum Gasteiger partial charge on any atom is -0.454 e. The van der Waals surface area contributed by atoms with Crippen molar-refractivity contribution in [1.82, 2.24) is 10.3 Å². The smallest absolute Gasteiger partial charge is 0.244 e. The predicted molar refractivity (Wildman–Crippen MR) is 136 cm³/mol. The summed E-state index contributed by atoms with van der Waals surface area (Å²) in [6.45, 7) is 2.44. The largest absolute Gasteiger partial charge is 0.454 e. The molecule has 0 spiro atoms. The van der Waals surface area contributed by atoms with E-state index >= 15 is 0 Å². The van der Waals surface area contributed by atoms with Crippen LogP contribution < -0.4 is 24.3 Å². The van der Waals surface area contributed by atoms with E-state index in [9.17, 15) is 4.79 Å². The minimum absolute atomic E-state index is 0.0741. The van der Waals surface area contributed by atoms with Crippen molar-refractivity contribution >= 4 is 11.5 Å². The molecule has 3 heterocycles. The van der Waals surface area contributed by atoms with Crippen molar-refractivity contribution in [1.29, 1.82) is 0 Å². The monoisotopic (exact) mass is 484 g/mol. The first-order chi connectivity index (χ1) is 17.7. The molecule has 1 aromatic heterocycles. The quantitative estimate of drug-likeness (QED) is 0.338. The number of benzene rings is 2. The molecular formula is C29H28N2O5. The van der Waals surface area contributed by atoms with Gasteiger partial charge in [0.1, 0.15) is 0 Å². The second kappa shape index (κ2) is 11.0. The number of ether oxygens (including phenoxy) is 4. The summed E-state index contributed by atoms with van der Waals surface area (Å²) in [4.78, 5) is 16.7. The van der Waals surface area contributed by atoms with Gasteiger partial charge < -0.3 is 24.3 Å². The van der Waals surface area contributed by atoms with Crippen LogP contribution in [-0.4, -0.2) is 30.5 Å². The summed E-state index contributed by atoms with van der Waals surface area (Å²) in [7, 11) is 0. The molecule has 2 aliphatic rings.